The number of ether oxygens (including phenoxy) is 1. The van der Waals surface area contributed by atoms with Crippen molar-refractivity contribution in [1.29, 1.82) is 0 Å². The van der Waals surface area contributed by atoms with E-state index in [1.54, 1.807) is 17.8 Å². The van der Waals surface area contributed by atoms with E-state index in [0.717, 1.165) is 11.4 Å². The van der Waals surface area contributed by atoms with E-state index in [9.17, 15) is 0 Å². The van der Waals surface area contributed by atoms with Gasteiger partial charge in [-0.15, -0.1) is 11.8 Å². The number of nitrogens with one attached hydrogen (secondary N) is 1. The summed E-state index contributed by atoms with van der Waals surface area (Å²) in [6, 6.07) is 9.68. The Morgan fingerprint density at radius 2 is 2.00 bits per heavy atom. The zero-order valence-electron chi connectivity index (χ0n) is 10.9. The third-order valence-corrected chi connectivity index (χ3v) is 3.22. The van der Waals surface area contributed by atoms with Gasteiger partial charge in [-0.2, -0.15) is 0 Å². The van der Waals surface area contributed by atoms with E-state index in [-0.39, 0.29) is 0 Å². The molecule has 0 saturated carbocycles. The van der Waals surface area contributed by atoms with Gasteiger partial charge in [0.25, 0.3) is 0 Å². The standard InChI is InChI=1S/C13H16N4OS/c1-9-7-12(17-14)16-13(15-9)8-18-10-3-5-11(19-2)6-4-10/h3-7H,8,14H2,1-2H3,(H,15,16,17). The van der Waals surface area contributed by atoms with E-state index in [2.05, 4.69) is 15.4 Å². The van der Waals surface area contributed by atoms with Crippen LogP contribution in [0.5, 0.6) is 5.75 Å². The fourth-order valence-electron chi connectivity index (χ4n) is 1.59. The number of nitrogens with zero attached hydrogens (tertiary/aromatic N) is 2. The predicted molar refractivity (Wildman–Crippen MR) is 77.1 cm³/mol. The highest BCUT2D eigenvalue weighted by atomic mass is 32.2. The van der Waals surface area contributed by atoms with Crippen LogP contribution in [0.25, 0.3) is 0 Å². The van der Waals surface area contributed by atoms with E-state index in [1.165, 1.54) is 4.90 Å². The smallest absolute Gasteiger partial charge is 0.168 e. The van der Waals surface area contributed by atoms with Crippen molar-refractivity contribution in [3.63, 3.8) is 0 Å². The molecule has 0 aliphatic carbocycles. The highest BCUT2D eigenvalue weighted by Gasteiger charge is 2.03. The van der Waals surface area contributed by atoms with Crippen molar-refractivity contribution in [3.8, 4) is 5.75 Å². The van der Waals surface area contributed by atoms with Gasteiger partial charge in [-0.05, 0) is 37.4 Å². The molecular formula is C13H16N4OS. The van der Waals surface area contributed by atoms with Crippen molar-refractivity contribution in [2.24, 2.45) is 5.84 Å². The molecular weight excluding hydrogens is 260 g/mol. The summed E-state index contributed by atoms with van der Waals surface area (Å²) in [4.78, 5) is 9.72. The van der Waals surface area contributed by atoms with Crippen LogP contribution in [-0.2, 0) is 6.61 Å². The maximum absolute atomic E-state index is 5.64. The van der Waals surface area contributed by atoms with Gasteiger partial charge in [-0.1, -0.05) is 0 Å². The molecule has 3 N–H and O–H groups in total. The molecule has 0 fully saturated rings. The molecule has 2 aromatic rings. The third kappa shape index (κ3) is 3.84. The average Bonchev–Trinajstić information content (AvgIpc) is 2.45. The molecule has 0 atom stereocenters. The SMILES string of the molecule is CSc1ccc(OCc2nc(C)cc(NN)n2)cc1. The Balaban J connectivity index is 2.03. The van der Waals surface area contributed by atoms with Gasteiger partial charge in [0.05, 0.1) is 0 Å². The van der Waals surface area contributed by atoms with Crippen LogP contribution in [0.15, 0.2) is 35.2 Å². The lowest BCUT2D eigenvalue weighted by atomic mass is 10.3. The van der Waals surface area contributed by atoms with E-state index >= 15 is 0 Å². The Hall–Kier alpha value is -1.79. The van der Waals surface area contributed by atoms with Gasteiger partial charge in [-0.3, -0.25) is 0 Å². The number of nitrogens with two attached hydrogens (primary N) is 1. The number of aromatic nitrogens is 2. The first-order valence-corrected chi connectivity index (χ1v) is 7.02. The molecule has 1 heterocycles. The van der Waals surface area contributed by atoms with E-state index in [4.69, 9.17) is 10.6 Å². The number of hydrazine groups is 1. The largest absolute Gasteiger partial charge is 0.486 e. The molecule has 0 unspecified atom stereocenters. The number of aryl methyl sites for hydroxylation is 1. The van der Waals surface area contributed by atoms with Gasteiger partial charge in [0.15, 0.2) is 5.82 Å². The Bertz CT molecular complexity index is 545. The quantitative estimate of drug-likeness (QED) is 0.496. The summed E-state index contributed by atoms with van der Waals surface area (Å²) < 4.78 is 5.64. The van der Waals surface area contributed by atoms with Crippen molar-refractivity contribution in [2.45, 2.75) is 18.4 Å². The summed E-state index contributed by atoms with van der Waals surface area (Å²) >= 11 is 1.70. The molecule has 0 spiro atoms. The van der Waals surface area contributed by atoms with Crippen LogP contribution in [0, 0.1) is 6.92 Å². The maximum atomic E-state index is 5.64. The van der Waals surface area contributed by atoms with Crippen LogP contribution in [0.1, 0.15) is 11.5 Å². The van der Waals surface area contributed by atoms with Gasteiger partial charge >= 0.3 is 0 Å². The molecule has 1 aromatic heterocycles. The lowest BCUT2D eigenvalue weighted by molar-refractivity contribution is 0.295. The number of benzene rings is 1. The van der Waals surface area contributed by atoms with E-state index < -0.39 is 0 Å². The summed E-state index contributed by atoms with van der Waals surface area (Å²) in [7, 11) is 0. The maximum Gasteiger partial charge on any atom is 0.168 e. The predicted octanol–water partition coefficient (Wildman–Crippen LogP) is 2.37. The third-order valence-electron chi connectivity index (χ3n) is 2.48. The summed E-state index contributed by atoms with van der Waals surface area (Å²) in [6.07, 6.45) is 2.04. The lowest BCUT2D eigenvalue weighted by Crippen LogP contribution is -2.12. The summed E-state index contributed by atoms with van der Waals surface area (Å²) in [5.74, 6) is 7.33. The highest BCUT2D eigenvalue weighted by Crippen LogP contribution is 2.19. The molecule has 2 rings (SSSR count). The van der Waals surface area contributed by atoms with Crippen molar-refractivity contribution < 1.29 is 4.74 Å². The lowest BCUT2D eigenvalue weighted by Gasteiger charge is -2.08. The minimum absolute atomic E-state index is 0.314. The second kappa shape index (κ2) is 6.40. The number of rotatable bonds is 5. The second-order valence-electron chi connectivity index (χ2n) is 3.92. The molecule has 5 nitrogen and oxygen atoms in total. The molecule has 0 radical (unpaired) electrons. The number of anilines is 1. The summed E-state index contributed by atoms with van der Waals surface area (Å²) in [6.45, 7) is 2.20. The van der Waals surface area contributed by atoms with Gasteiger partial charge in [0.2, 0.25) is 0 Å². The Labute approximate surface area is 116 Å². The Morgan fingerprint density at radius 1 is 1.26 bits per heavy atom. The Morgan fingerprint density at radius 3 is 2.63 bits per heavy atom. The molecule has 19 heavy (non-hydrogen) atoms. The van der Waals surface area contributed by atoms with Crippen LogP contribution in [0.3, 0.4) is 0 Å². The van der Waals surface area contributed by atoms with Gasteiger partial charge in [0, 0.05) is 16.7 Å². The van der Waals surface area contributed by atoms with Crippen LogP contribution >= 0.6 is 11.8 Å². The van der Waals surface area contributed by atoms with Crippen molar-refractivity contribution in [3.05, 3.63) is 41.9 Å². The number of hydrogen-bond acceptors (Lipinski definition) is 6. The monoisotopic (exact) mass is 276 g/mol. The summed E-state index contributed by atoms with van der Waals surface area (Å²) in [5, 5.41) is 0. The number of hydrogen-bond donors (Lipinski definition) is 2. The van der Waals surface area contributed by atoms with Crippen LogP contribution in [-0.4, -0.2) is 16.2 Å². The normalized spacial score (nSPS) is 10.3. The van der Waals surface area contributed by atoms with E-state index in [1.807, 2.05) is 37.4 Å². The zero-order chi connectivity index (χ0) is 13.7. The highest BCUT2D eigenvalue weighted by molar-refractivity contribution is 7.98. The fraction of sp³-hybridized carbons (Fsp3) is 0.231. The summed E-state index contributed by atoms with van der Waals surface area (Å²) in [5.41, 5.74) is 3.36. The fourth-order valence-corrected chi connectivity index (χ4v) is 2.00. The van der Waals surface area contributed by atoms with Gasteiger partial charge in [-0.25, -0.2) is 15.8 Å². The molecule has 0 bridgehead atoms. The first-order chi connectivity index (χ1) is 9.21. The topological polar surface area (TPSA) is 73.1 Å². The van der Waals surface area contributed by atoms with Gasteiger partial charge in [0.1, 0.15) is 18.2 Å². The number of nitrogen functional groups attached to an aromatic ring is 1. The molecule has 100 valence electrons. The molecule has 0 aliphatic rings. The van der Waals surface area contributed by atoms with Crippen molar-refractivity contribution in [2.75, 3.05) is 11.7 Å². The van der Waals surface area contributed by atoms with Crippen molar-refractivity contribution in [1.82, 2.24) is 9.97 Å². The van der Waals surface area contributed by atoms with E-state index in [0.29, 0.717) is 18.2 Å². The first kappa shape index (κ1) is 13.6. The van der Waals surface area contributed by atoms with Crippen molar-refractivity contribution >= 4 is 17.6 Å². The average molecular weight is 276 g/mol. The van der Waals surface area contributed by atoms with Crippen LogP contribution < -0.4 is 16.0 Å². The first-order valence-electron chi connectivity index (χ1n) is 5.79. The van der Waals surface area contributed by atoms with Crippen LogP contribution in [0.2, 0.25) is 0 Å². The molecule has 6 heteroatoms. The Kier molecular flexibility index (Phi) is 4.59. The molecule has 0 aliphatic heterocycles. The molecule has 0 saturated heterocycles. The van der Waals surface area contributed by atoms with Gasteiger partial charge < -0.3 is 10.2 Å². The molecule has 0 amide bonds. The minimum Gasteiger partial charge on any atom is -0.486 e. The number of thioether (sulfide) groups is 1. The second-order valence-corrected chi connectivity index (χ2v) is 4.80. The molecule has 1 aromatic carbocycles. The zero-order valence-corrected chi connectivity index (χ0v) is 11.7. The minimum atomic E-state index is 0.314. The van der Waals surface area contributed by atoms with Crippen LogP contribution in [0.4, 0.5) is 5.82 Å².